The second kappa shape index (κ2) is 8.59. The van der Waals surface area contributed by atoms with Crippen LogP contribution < -0.4 is 0 Å². The van der Waals surface area contributed by atoms with Crippen LogP contribution in [0.5, 0.6) is 0 Å². The predicted octanol–water partition coefficient (Wildman–Crippen LogP) is 4.53. The van der Waals surface area contributed by atoms with Crippen molar-refractivity contribution < 1.29 is 23.5 Å². The van der Waals surface area contributed by atoms with E-state index >= 15 is 0 Å². The van der Waals surface area contributed by atoms with Crippen LogP contribution in [0.1, 0.15) is 45.0 Å². The topological polar surface area (TPSA) is 122 Å². The number of carbonyl (C=O) groups excluding carboxylic acids is 3. The second-order valence-electron chi connectivity index (χ2n) is 8.83. The Balaban J connectivity index is 2.33. The highest BCUT2D eigenvalue weighted by molar-refractivity contribution is 6.74. The van der Waals surface area contributed by atoms with Crippen molar-refractivity contribution >= 4 is 31.8 Å². The monoisotopic (exact) mass is 432 g/mol. The number of ether oxygens (including phenoxy) is 1. The van der Waals surface area contributed by atoms with Crippen LogP contribution in [0.2, 0.25) is 18.1 Å². The van der Waals surface area contributed by atoms with Gasteiger partial charge in [-0.25, -0.2) is 4.90 Å². The Morgan fingerprint density at radius 2 is 1.87 bits per heavy atom. The van der Waals surface area contributed by atoms with Crippen molar-refractivity contribution in [1.29, 1.82) is 0 Å². The minimum Gasteiger partial charge on any atom is -0.440 e. The van der Waals surface area contributed by atoms with E-state index in [4.69, 9.17) is 14.7 Å². The number of benzene rings is 1. The summed E-state index contributed by atoms with van der Waals surface area (Å²) in [7, 11) is -2.20. The van der Waals surface area contributed by atoms with Gasteiger partial charge in [0.05, 0.1) is 11.8 Å². The minimum absolute atomic E-state index is 0.0530. The zero-order valence-corrected chi connectivity index (χ0v) is 19.4. The van der Waals surface area contributed by atoms with Crippen LogP contribution in [0.15, 0.2) is 29.4 Å². The number of hydrogen-bond donors (Lipinski definition) is 0. The Morgan fingerprint density at radius 3 is 2.40 bits per heavy atom. The molecule has 9 nitrogen and oxygen atoms in total. The van der Waals surface area contributed by atoms with Crippen molar-refractivity contribution in [2.24, 2.45) is 11.0 Å². The van der Waals surface area contributed by atoms with Gasteiger partial charge < -0.3 is 9.16 Å². The second-order valence-corrected chi connectivity index (χ2v) is 13.6. The van der Waals surface area contributed by atoms with E-state index in [9.17, 15) is 14.4 Å². The molecule has 0 spiro atoms. The van der Waals surface area contributed by atoms with Crippen LogP contribution in [0.3, 0.4) is 0 Å². The highest BCUT2D eigenvalue weighted by Gasteiger charge is 2.57. The van der Waals surface area contributed by atoms with Crippen molar-refractivity contribution in [3.8, 4) is 0 Å². The van der Waals surface area contributed by atoms with Crippen LogP contribution in [0.4, 0.5) is 5.69 Å². The number of hydrogen-bond acceptors (Lipinski definition) is 6. The number of β-lactam (4-membered cyclic amide) rings is 1. The lowest BCUT2D eigenvalue weighted by Gasteiger charge is -2.49. The third kappa shape index (κ3) is 4.56. The molecule has 0 bridgehead atoms. The van der Waals surface area contributed by atoms with E-state index in [1.54, 1.807) is 19.1 Å². The molecule has 3 atom stereocenters. The highest BCUT2D eigenvalue weighted by Crippen LogP contribution is 2.41. The number of imide groups is 1. The average Bonchev–Trinajstić information content (AvgIpc) is 2.60. The molecule has 1 aliphatic heterocycles. The van der Waals surface area contributed by atoms with Gasteiger partial charge in [-0.05, 0) is 36.7 Å². The van der Waals surface area contributed by atoms with Crippen molar-refractivity contribution in [3.05, 3.63) is 40.3 Å². The molecule has 30 heavy (non-hydrogen) atoms. The van der Waals surface area contributed by atoms with Crippen LogP contribution in [0, 0.1) is 5.92 Å². The first kappa shape index (κ1) is 23.6. The van der Waals surface area contributed by atoms with E-state index in [0.717, 1.165) is 4.90 Å². The standard InChI is InChI=1S/C20H28N4O5Si/c1-12(29-30(6,7)20(3,4)5)16-18(27)24(19(16)28-13(2)25)17(26)14-10-8-9-11-15(14)22-23-21/h8-12,16,19H,1-7H3/t12-,16+,19-/m1/s1. The third-order valence-corrected chi connectivity index (χ3v) is 10.2. The average molecular weight is 433 g/mol. The smallest absolute Gasteiger partial charge is 0.304 e. The molecule has 1 aromatic rings. The number of amides is 2. The molecular weight excluding hydrogens is 404 g/mol. The lowest BCUT2D eigenvalue weighted by Crippen LogP contribution is -2.68. The van der Waals surface area contributed by atoms with Gasteiger partial charge in [-0.2, -0.15) is 0 Å². The number of nitrogens with zero attached hydrogens (tertiary/aromatic N) is 4. The molecule has 10 heteroatoms. The Labute approximate surface area is 177 Å². The van der Waals surface area contributed by atoms with E-state index < -0.39 is 44.4 Å². The number of likely N-dealkylation sites (tertiary alicyclic amines) is 1. The maximum atomic E-state index is 13.0. The van der Waals surface area contributed by atoms with Crippen LogP contribution in [0.25, 0.3) is 10.4 Å². The number of azide groups is 1. The van der Waals surface area contributed by atoms with Gasteiger partial charge in [0, 0.05) is 17.4 Å². The molecule has 0 unspecified atom stereocenters. The molecule has 1 saturated heterocycles. The van der Waals surface area contributed by atoms with Gasteiger partial charge in [0.15, 0.2) is 14.5 Å². The minimum atomic E-state index is -2.20. The molecule has 2 rings (SSSR count). The molecule has 0 aromatic heterocycles. The normalized spacial score (nSPS) is 20.1. The SMILES string of the molecule is CC(=O)O[C@@H]1[C@@H]([C@@H](C)O[Si](C)(C)C(C)(C)C)C(=O)N1C(=O)c1ccccc1N=[N+]=[N-]. The van der Waals surface area contributed by atoms with Gasteiger partial charge in [-0.15, -0.1) is 0 Å². The van der Waals surface area contributed by atoms with E-state index in [1.807, 2.05) is 0 Å². The first-order chi connectivity index (χ1) is 13.8. The highest BCUT2D eigenvalue weighted by atomic mass is 28.4. The number of rotatable bonds is 6. The molecule has 1 aromatic carbocycles. The van der Waals surface area contributed by atoms with Gasteiger partial charge >= 0.3 is 5.97 Å². The van der Waals surface area contributed by atoms with Crippen LogP contribution >= 0.6 is 0 Å². The molecule has 1 fully saturated rings. The van der Waals surface area contributed by atoms with Crippen LogP contribution in [-0.2, 0) is 18.8 Å². The summed E-state index contributed by atoms with van der Waals surface area (Å²) in [6.45, 7) is 13.4. The summed E-state index contributed by atoms with van der Waals surface area (Å²) in [5.41, 5.74) is 8.88. The number of esters is 1. The maximum Gasteiger partial charge on any atom is 0.304 e. The summed E-state index contributed by atoms with van der Waals surface area (Å²) in [6, 6.07) is 6.13. The zero-order chi connectivity index (χ0) is 22.9. The van der Waals surface area contributed by atoms with Gasteiger partial charge in [0.1, 0.15) is 5.92 Å². The van der Waals surface area contributed by atoms with Gasteiger partial charge in [0.25, 0.3) is 5.91 Å². The van der Waals surface area contributed by atoms with Crippen molar-refractivity contribution in [3.63, 3.8) is 0 Å². The summed E-state index contributed by atoms with van der Waals surface area (Å²) >= 11 is 0. The van der Waals surface area contributed by atoms with Gasteiger partial charge in [0.2, 0.25) is 5.91 Å². The van der Waals surface area contributed by atoms with Crippen LogP contribution in [-0.4, -0.2) is 43.3 Å². The predicted molar refractivity (Wildman–Crippen MR) is 113 cm³/mol. The molecule has 0 radical (unpaired) electrons. The first-order valence-electron chi connectivity index (χ1n) is 9.68. The molecule has 1 heterocycles. The summed E-state index contributed by atoms with van der Waals surface area (Å²) in [5, 5.41) is 3.43. The summed E-state index contributed by atoms with van der Waals surface area (Å²) in [6.07, 6.45) is -1.62. The maximum absolute atomic E-state index is 13.0. The van der Waals surface area contributed by atoms with E-state index in [-0.39, 0.29) is 16.3 Å². The largest absolute Gasteiger partial charge is 0.440 e. The Bertz CT molecular complexity index is 905. The van der Waals surface area contributed by atoms with Crippen molar-refractivity contribution in [2.45, 2.75) is 65.1 Å². The zero-order valence-electron chi connectivity index (χ0n) is 18.4. The Morgan fingerprint density at radius 1 is 1.27 bits per heavy atom. The molecule has 0 N–H and O–H groups in total. The summed E-state index contributed by atoms with van der Waals surface area (Å²) in [4.78, 5) is 41.3. The first-order valence-corrected chi connectivity index (χ1v) is 12.6. The lowest BCUT2D eigenvalue weighted by atomic mass is 9.89. The third-order valence-electron chi connectivity index (χ3n) is 5.67. The molecule has 0 saturated carbocycles. The molecule has 1 aliphatic rings. The van der Waals surface area contributed by atoms with E-state index in [0.29, 0.717) is 0 Å². The number of carbonyl (C=O) groups is 3. The van der Waals surface area contributed by atoms with E-state index in [1.165, 1.54) is 19.1 Å². The summed E-state index contributed by atoms with van der Waals surface area (Å²) < 4.78 is 11.6. The molecule has 162 valence electrons. The fourth-order valence-corrected chi connectivity index (χ4v) is 4.49. The molecule has 2 amide bonds. The van der Waals surface area contributed by atoms with Gasteiger partial charge in [-0.1, -0.05) is 44.1 Å². The lowest BCUT2D eigenvalue weighted by molar-refractivity contribution is -0.196. The Kier molecular flexibility index (Phi) is 6.75. The fourth-order valence-electron chi connectivity index (χ4n) is 3.07. The quantitative estimate of drug-likeness (QED) is 0.124. The molecule has 0 aliphatic carbocycles. The molecular formula is C20H28N4O5Si. The Hall–Kier alpha value is -2.68. The fraction of sp³-hybridized carbons (Fsp3) is 0.550. The van der Waals surface area contributed by atoms with Crippen molar-refractivity contribution in [2.75, 3.05) is 0 Å². The van der Waals surface area contributed by atoms with Gasteiger partial charge in [-0.3, -0.25) is 14.4 Å². The van der Waals surface area contributed by atoms with Crippen molar-refractivity contribution in [1.82, 2.24) is 4.90 Å². The summed E-state index contributed by atoms with van der Waals surface area (Å²) in [5.74, 6) is -2.59. The van der Waals surface area contributed by atoms with E-state index in [2.05, 4.69) is 43.9 Å².